The van der Waals surface area contributed by atoms with Crippen molar-refractivity contribution in [3.63, 3.8) is 0 Å². The minimum Gasteiger partial charge on any atom is -0.326 e. The second-order valence-electron chi connectivity index (χ2n) is 3.50. The third-order valence-electron chi connectivity index (χ3n) is 2.31. The first kappa shape index (κ1) is 11.3. The van der Waals surface area contributed by atoms with E-state index in [1.807, 2.05) is 0 Å². The smallest absolute Gasteiger partial charge is 0.132 e. The van der Waals surface area contributed by atoms with Gasteiger partial charge in [-0.2, -0.15) is 5.10 Å². The average Bonchev–Trinajstić information content (AvgIpc) is 2.63. The van der Waals surface area contributed by atoms with Gasteiger partial charge in [0.05, 0.1) is 5.69 Å². The molecule has 0 aliphatic rings. The molecule has 2 aromatic rings. The van der Waals surface area contributed by atoms with E-state index < -0.39 is 0 Å². The molecule has 0 atom stereocenters. The minimum atomic E-state index is -0.295. The highest BCUT2D eigenvalue weighted by Crippen LogP contribution is 2.27. The molecule has 0 unspecified atom stereocenters. The maximum atomic E-state index is 13.7. The summed E-state index contributed by atoms with van der Waals surface area (Å²) in [6.45, 7) is 0.342. The Bertz CT molecular complexity index is 522. The van der Waals surface area contributed by atoms with E-state index in [2.05, 4.69) is 21.0 Å². The third kappa shape index (κ3) is 2.01. The molecule has 0 bridgehead atoms. The predicted octanol–water partition coefficient (Wildman–Crippen LogP) is 2.45. The molecular weight excluding hydrogens is 273 g/mol. The van der Waals surface area contributed by atoms with Gasteiger partial charge in [-0.15, -0.1) is 0 Å². The molecule has 0 saturated heterocycles. The molecule has 1 heterocycles. The summed E-state index contributed by atoms with van der Waals surface area (Å²) in [6.07, 6.45) is 1.80. The van der Waals surface area contributed by atoms with Crippen molar-refractivity contribution in [2.45, 2.75) is 6.54 Å². The van der Waals surface area contributed by atoms with Crippen LogP contribution in [0.4, 0.5) is 4.39 Å². The number of halogens is 2. The fourth-order valence-corrected chi connectivity index (χ4v) is 1.95. The standard InChI is InChI=1S/C11H11BrFN3/c1-16-6-7(5-14)11(15-16)9-4-8(12)2-3-10(9)13/h2-4,6H,5,14H2,1H3. The Balaban J connectivity index is 2.61. The van der Waals surface area contributed by atoms with Crippen LogP contribution < -0.4 is 5.73 Å². The van der Waals surface area contributed by atoms with Crippen LogP contribution in [0.25, 0.3) is 11.3 Å². The van der Waals surface area contributed by atoms with Crippen LogP contribution in [0.2, 0.25) is 0 Å². The number of aryl methyl sites for hydroxylation is 1. The number of nitrogens with zero attached hydrogens (tertiary/aromatic N) is 2. The maximum Gasteiger partial charge on any atom is 0.132 e. The zero-order valence-electron chi connectivity index (χ0n) is 8.74. The van der Waals surface area contributed by atoms with Crippen LogP contribution in [0.15, 0.2) is 28.9 Å². The molecule has 0 radical (unpaired) electrons. The molecule has 0 amide bonds. The monoisotopic (exact) mass is 283 g/mol. The van der Waals surface area contributed by atoms with Crippen LogP contribution in [-0.4, -0.2) is 9.78 Å². The Kier molecular flexibility index (Phi) is 3.07. The number of hydrogen-bond acceptors (Lipinski definition) is 2. The zero-order chi connectivity index (χ0) is 11.7. The van der Waals surface area contributed by atoms with Crippen molar-refractivity contribution in [2.75, 3.05) is 0 Å². The first-order valence-corrected chi connectivity index (χ1v) is 5.59. The van der Waals surface area contributed by atoms with Crippen LogP contribution >= 0.6 is 15.9 Å². The van der Waals surface area contributed by atoms with E-state index in [0.717, 1.165) is 10.0 Å². The van der Waals surface area contributed by atoms with E-state index in [1.165, 1.54) is 6.07 Å². The van der Waals surface area contributed by atoms with Crippen LogP contribution in [0.3, 0.4) is 0 Å². The topological polar surface area (TPSA) is 43.8 Å². The van der Waals surface area contributed by atoms with E-state index in [0.29, 0.717) is 17.8 Å². The van der Waals surface area contributed by atoms with Crippen LogP contribution in [0, 0.1) is 5.82 Å². The molecule has 16 heavy (non-hydrogen) atoms. The second-order valence-corrected chi connectivity index (χ2v) is 4.42. The molecule has 2 N–H and O–H groups in total. The molecule has 0 fully saturated rings. The first-order valence-electron chi connectivity index (χ1n) is 4.80. The number of nitrogens with two attached hydrogens (primary N) is 1. The fourth-order valence-electron chi connectivity index (χ4n) is 1.59. The largest absolute Gasteiger partial charge is 0.326 e. The lowest BCUT2D eigenvalue weighted by molar-refractivity contribution is 0.629. The Morgan fingerprint density at radius 2 is 2.25 bits per heavy atom. The van der Waals surface area contributed by atoms with E-state index in [1.54, 1.807) is 30.1 Å². The number of hydrogen-bond donors (Lipinski definition) is 1. The van der Waals surface area contributed by atoms with Crippen molar-refractivity contribution in [3.05, 3.63) is 40.2 Å². The van der Waals surface area contributed by atoms with Crippen molar-refractivity contribution < 1.29 is 4.39 Å². The normalized spacial score (nSPS) is 10.8. The molecule has 1 aromatic carbocycles. The summed E-state index contributed by atoms with van der Waals surface area (Å²) in [5, 5.41) is 4.23. The van der Waals surface area contributed by atoms with Gasteiger partial charge in [0.25, 0.3) is 0 Å². The van der Waals surface area contributed by atoms with E-state index in [-0.39, 0.29) is 5.82 Å². The van der Waals surface area contributed by atoms with Gasteiger partial charge < -0.3 is 5.73 Å². The molecular formula is C11H11BrFN3. The highest BCUT2D eigenvalue weighted by atomic mass is 79.9. The van der Waals surface area contributed by atoms with E-state index >= 15 is 0 Å². The maximum absolute atomic E-state index is 13.7. The fraction of sp³-hybridized carbons (Fsp3) is 0.182. The first-order chi connectivity index (χ1) is 7.61. The summed E-state index contributed by atoms with van der Waals surface area (Å²) in [7, 11) is 1.79. The molecule has 0 saturated carbocycles. The van der Waals surface area contributed by atoms with Gasteiger partial charge in [0.15, 0.2) is 0 Å². The van der Waals surface area contributed by atoms with Crippen molar-refractivity contribution in [2.24, 2.45) is 12.8 Å². The van der Waals surface area contributed by atoms with Gasteiger partial charge >= 0.3 is 0 Å². The lowest BCUT2D eigenvalue weighted by Crippen LogP contribution is -1.97. The molecule has 3 nitrogen and oxygen atoms in total. The molecule has 5 heteroatoms. The third-order valence-corrected chi connectivity index (χ3v) is 2.80. The second kappa shape index (κ2) is 4.35. The summed E-state index contributed by atoms with van der Waals surface area (Å²) < 4.78 is 16.1. The Hall–Kier alpha value is -1.20. The van der Waals surface area contributed by atoms with Crippen LogP contribution in [-0.2, 0) is 13.6 Å². The van der Waals surface area contributed by atoms with E-state index in [4.69, 9.17) is 5.73 Å². The molecule has 84 valence electrons. The molecule has 2 rings (SSSR count). The van der Waals surface area contributed by atoms with Gasteiger partial charge in [0, 0.05) is 35.4 Å². The SMILES string of the molecule is Cn1cc(CN)c(-c2cc(Br)ccc2F)n1. The summed E-state index contributed by atoms with van der Waals surface area (Å²) in [5.41, 5.74) is 7.50. The minimum absolute atomic E-state index is 0.295. The molecule has 0 aliphatic heterocycles. The van der Waals surface area contributed by atoms with Gasteiger partial charge in [-0.25, -0.2) is 4.39 Å². The number of rotatable bonds is 2. The molecule has 0 aliphatic carbocycles. The Labute approximate surface area is 101 Å². The molecule has 1 aromatic heterocycles. The predicted molar refractivity (Wildman–Crippen MR) is 64.2 cm³/mol. The van der Waals surface area contributed by atoms with Gasteiger partial charge in [0.2, 0.25) is 0 Å². The highest BCUT2D eigenvalue weighted by molar-refractivity contribution is 9.10. The van der Waals surface area contributed by atoms with Crippen LogP contribution in [0.1, 0.15) is 5.56 Å². The van der Waals surface area contributed by atoms with Gasteiger partial charge in [-0.3, -0.25) is 4.68 Å². The summed E-state index contributed by atoms with van der Waals surface area (Å²) >= 11 is 3.31. The van der Waals surface area contributed by atoms with Crippen molar-refractivity contribution in [3.8, 4) is 11.3 Å². The van der Waals surface area contributed by atoms with Crippen molar-refractivity contribution in [1.82, 2.24) is 9.78 Å². The zero-order valence-corrected chi connectivity index (χ0v) is 10.3. The highest BCUT2D eigenvalue weighted by Gasteiger charge is 2.13. The van der Waals surface area contributed by atoms with Crippen molar-refractivity contribution >= 4 is 15.9 Å². The number of aromatic nitrogens is 2. The Morgan fingerprint density at radius 1 is 1.50 bits per heavy atom. The van der Waals surface area contributed by atoms with Gasteiger partial charge in [-0.05, 0) is 18.2 Å². The lowest BCUT2D eigenvalue weighted by atomic mass is 10.1. The van der Waals surface area contributed by atoms with E-state index in [9.17, 15) is 4.39 Å². The quantitative estimate of drug-likeness (QED) is 0.920. The number of benzene rings is 1. The summed E-state index contributed by atoms with van der Waals surface area (Å²) in [4.78, 5) is 0. The summed E-state index contributed by atoms with van der Waals surface area (Å²) in [6, 6.07) is 4.77. The summed E-state index contributed by atoms with van der Waals surface area (Å²) in [5.74, 6) is -0.295. The van der Waals surface area contributed by atoms with Gasteiger partial charge in [0.1, 0.15) is 5.82 Å². The molecule has 0 spiro atoms. The van der Waals surface area contributed by atoms with Crippen molar-refractivity contribution in [1.29, 1.82) is 0 Å². The Morgan fingerprint density at radius 3 is 2.94 bits per heavy atom. The van der Waals surface area contributed by atoms with Crippen LogP contribution in [0.5, 0.6) is 0 Å². The van der Waals surface area contributed by atoms with Gasteiger partial charge in [-0.1, -0.05) is 15.9 Å². The lowest BCUT2D eigenvalue weighted by Gasteiger charge is -2.02. The average molecular weight is 284 g/mol.